The Bertz CT molecular complexity index is 91.5. The van der Waals surface area contributed by atoms with Crippen LogP contribution >= 0.6 is 0 Å². The van der Waals surface area contributed by atoms with Gasteiger partial charge in [-0.1, -0.05) is 0 Å². The first-order chi connectivity index (χ1) is 2.81. The van der Waals surface area contributed by atoms with Gasteiger partial charge in [0.25, 0.3) is 0 Å². The van der Waals surface area contributed by atoms with Gasteiger partial charge in [0.2, 0.25) is 0 Å². The average molecular weight is 87.0 g/mol. The van der Waals surface area contributed by atoms with Crippen LogP contribution in [0.1, 0.15) is 0 Å². The molecule has 0 aromatic rings. The van der Waals surface area contributed by atoms with Crippen molar-refractivity contribution in [3.8, 4) is 6.07 Å². The second-order valence-corrected chi connectivity index (χ2v) is 0.491. The maximum absolute atomic E-state index is 9.35. The molecule has 0 aliphatic heterocycles. The number of carbonyl (C=O) groups excluding carboxylic acids is 1. The summed E-state index contributed by atoms with van der Waals surface area (Å²) in [5.74, 6) is -1.30. The van der Waals surface area contributed by atoms with Gasteiger partial charge in [-0.05, 0) is 0 Å². The van der Waals surface area contributed by atoms with Crippen LogP contribution in [-0.4, -0.2) is 11.2 Å². The second kappa shape index (κ2) is 2.18. The van der Waals surface area contributed by atoms with Crippen molar-refractivity contribution in [2.75, 3.05) is 0 Å². The maximum Gasteiger partial charge on any atom is 0.442 e. The Morgan fingerprint density at radius 2 is 2.50 bits per heavy atom. The van der Waals surface area contributed by atoms with E-state index in [1.165, 1.54) is 0 Å². The third-order valence-electron chi connectivity index (χ3n) is 0.174. The number of hydrogen-bond donors (Lipinski definition) is 1. The molecule has 0 heterocycles. The van der Waals surface area contributed by atoms with Gasteiger partial charge >= 0.3 is 5.97 Å². The third-order valence-corrected chi connectivity index (χ3v) is 0.174. The molecule has 0 saturated heterocycles. The molecule has 6 heavy (non-hydrogen) atoms. The smallest absolute Gasteiger partial charge is 0.284 e. The fraction of sp³-hybridized carbons (Fsp3) is 0. The lowest BCUT2D eigenvalue weighted by atomic mass is 10.8. The molecule has 0 aromatic carbocycles. The summed E-state index contributed by atoms with van der Waals surface area (Å²) in [5, 5.41) is 14.7. The van der Waals surface area contributed by atoms with Crippen molar-refractivity contribution in [3.05, 3.63) is 0 Å². The van der Waals surface area contributed by atoms with Crippen LogP contribution in [0.25, 0.3) is 0 Å². The van der Waals surface area contributed by atoms with Crippen molar-refractivity contribution < 1.29 is 14.9 Å². The van der Waals surface area contributed by atoms with E-state index in [9.17, 15) is 4.79 Å². The number of nitriles is 1. The monoisotopic (exact) mass is 87.0 g/mol. The van der Waals surface area contributed by atoms with Crippen LogP contribution < -0.4 is 0 Å². The highest BCUT2D eigenvalue weighted by Gasteiger charge is 1.90. The van der Waals surface area contributed by atoms with E-state index in [1.807, 2.05) is 0 Å². The minimum absolute atomic E-state index is 1.00. The molecule has 0 unspecified atom stereocenters. The molecule has 4 heteroatoms. The van der Waals surface area contributed by atoms with Crippen molar-refractivity contribution in [2.45, 2.75) is 0 Å². The van der Waals surface area contributed by atoms with Crippen LogP contribution in [0.4, 0.5) is 0 Å². The first-order valence-electron chi connectivity index (χ1n) is 1.06. The Morgan fingerprint density at radius 1 is 2.00 bits per heavy atom. The highest BCUT2D eigenvalue weighted by molar-refractivity contribution is 5.85. The van der Waals surface area contributed by atoms with Crippen molar-refractivity contribution in [1.29, 1.82) is 5.26 Å². The van der Waals surface area contributed by atoms with Crippen molar-refractivity contribution >= 4 is 5.97 Å². The van der Waals surface area contributed by atoms with Gasteiger partial charge in [-0.2, -0.15) is 10.5 Å². The molecular weight excluding hydrogens is 86.0 g/mol. The standard InChI is InChI=1S/C2HNO3/c3-1-2(4)6-5/h5H. The number of rotatable bonds is 0. The molecule has 0 fully saturated rings. The quantitative estimate of drug-likeness (QED) is 0.246. The molecule has 0 bridgehead atoms. The van der Waals surface area contributed by atoms with E-state index in [4.69, 9.17) is 10.5 Å². The minimum Gasteiger partial charge on any atom is -0.284 e. The summed E-state index contributed by atoms with van der Waals surface area (Å²) in [5.41, 5.74) is 0. The Labute approximate surface area is 33.5 Å². The van der Waals surface area contributed by atoms with E-state index in [0.717, 1.165) is 6.07 Å². The van der Waals surface area contributed by atoms with E-state index in [1.54, 1.807) is 0 Å². The summed E-state index contributed by atoms with van der Waals surface area (Å²) in [6.07, 6.45) is 0. The Hall–Kier alpha value is -1.08. The van der Waals surface area contributed by atoms with Gasteiger partial charge in [-0.15, -0.1) is 0 Å². The predicted molar refractivity (Wildman–Crippen MR) is 14.3 cm³/mol. The first kappa shape index (κ1) is 4.92. The molecule has 32 valence electrons. The minimum atomic E-state index is -1.30. The van der Waals surface area contributed by atoms with Gasteiger partial charge in [0.15, 0.2) is 6.07 Å². The molecule has 1 N–H and O–H groups in total. The Kier molecular flexibility index (Phi) is 1.78. The summed E-state index contributed by atoms with van der Waals surface area (Å²) in [7, 11) is 0. The van der Waals surface area contributed by atoms with E-state index in [2.05, 4.69) is 4.89 Å². The number of nitrogens with zero attached hydrogens (tertiary/aromatic N) is 1. The van der Waals surface area contributed by atoms with Crippen LogP contribution in [0, 0.1) is 11.3 Å². The average Bonchev–Trinajstić information content (AvgIpc) is 1.65. The zero-order valence-corrected chi connectivity index (χ0v) is 2.71. The van der Waals surface area contributed by atoms with Crippen molar-refractivity contribution in [1.82, 2.24) is 0 Å². The molecule has 0 atom stereocenters. The molecular formula is C2HNO3. The zero-order chi connectivity index (χ0) is 4.99. The van der Waals surface area contributed by atoms with Gasteiger partial charge in [-0.25, -0.2) is 4.79 Å². The lowest BCUT2D eigenvalue weighted by Crippen LogP contribution is -1.93. The van der Waals surface area contributed by atoms with Crippen LogP contribution in [0.3, 0.4) is 0 Å². The molecule has 0 aromatic heterocycles. The van der Waals surface area contributed by atoms with Gasteiger partial charge in [-0.3, -0.25) is 4.89 Å². The van der Waals surface area contributed by atoms with Gasteiger partial charge in [0, 0.05) is 0 Å². The van der Waals surface area contributed by atoms with E-state index >= 15 is 0 Å². The molecule has 0 aliphatic rings. The highest BCUT2D eigenvalue weighted by Crippen LogP contribution is 1.60. The van der Waals surface area contributed by atoms with Gasteiger partial charge in [0.1, 0.15) is 0 Å². The van der Waals surface area contributed by atoms with Gasteiger partial charge < -0.3 is 0 Å². The predicted octanol–water partition coefficient (Wildman–Crippen LogP) is -0.474. The van der Waals surface area contributed by atoms with Crippen molar-refractivity contribution in [3.63, 3.8) is 0 Å². The lowest BCUT2D eigenvalue weighted by molar-refractivity contribution is -0.227. The van der Waals surface area contributed by atoms with Crippen LogP contribution in [0.2, 0.25) is 0 Å². The lowest BCUT2D eigenvalue weighted by Gasteiger charge is -1.73. The molecule has 0 spiro atoms. The third kappa shape index (κ3) is 1.26. The van der Waals surface area contributed by atoms with E-state index < -0.39 is 5.97 Å². The van der Waals surface area contributed by atoms with Gasteiger partial charge in [0.05, 0.1) is 0 Å². The number of hydrogen-bond acceptors (Lipinski definition) is 4. The van der Waals surface area contributed by atoms with E-state index in [0.29, 0.717) is 0 Å². The fourth-order valence-corrected chi connectivity index (χ4v) is 0.0204. The topological polar surface area (TPSA) is 70.3 Å². The SMILES string of the molecule is N#CC(=O)OO. The summed E-state index contributed by atoms with van der Waals surface area (Å²) < 4.78 is 0. The largest absolute Gasteiger partial charge is 0.442 e. The molecule has 0 saturated carbocycles. The molecule has 0 rings (SSSR count). The zero-order valence-electron chi connectivity index (χ0n) is 2.71. The second-order valence-electron chi connectivity index (χ2n) is 0.491. The molecule has 0 amide bonds. The number of carbonyl (C=O) groups is 1. The summed E-state index contributed by atoms with van der Waals surface area (Å²) in [4.78, 5) is 12.2. The molecule has 4 nitrogen and oxygen atoms in total. The molecule has 0 radical (unpaired) electrons. The normalized spacial score (nSPS) is 6.00. The van der Waals surface area contributed by atoms with Crippen LogP contribution in [0.5, 0.6) is 0 Å². The summed E-state index contributed by atoms with van der Waals surface area (Å²) >= 11 is 0. The fourth-order valence-electron chi connectivity index (χ4n) is 0.0204. The first-order valence-corrected chi connectivity index (χ1v) is 1.06. The summed E-state index contributed by atoms with van der Waals surface area (Å²) in [6, 6.07) is 1.00. The Balaban J connectivity index is 3.33. The van der Waals surface area contributed by atoms with Crippen molar-refractivity contribution in [2.24, 2.45) is 0 Å². The van der Waals surface area contributed by atoms with Crippen LogP contribution in [-0.2, 0) is 9.68 Å². The maximum atomic E-state index is 9.35. The molecule has 0 aliphatic carbocycles. The highest BCUT2D eigenvalue weighted by atomic mass is 17.1. The van der Waals surface area contributed by atoms with Crippen LogP contribution in [0.15, 0.2) is 0 Å². The summed E-state index contributed by atoms with van der Waals surface area (Å²) in [6.45, 7) is 0. The van der Waals surface area contributed by atoms with E-state index in [-0.39, 0.29) is 0 Å². The Morgan fingerprint density at radius 3 is 2.50 bits per heavy atom.